The SMILES string of the molecule is CNC(=O)[C@H](C)N(Cc1ccccc1Cl)C(=O)CN(c1cc(C(F)(F)F)ccc1Cl)S(=O)(=O)c1ccccc1. The van der Waals surface area contributed by atoms with E-state index in [2.05, 4.69) is 5.32 Å². The molecular formula is C26H24Cl2F3N3O4S. The molecule has 0 saturated carbocycles. The number of hydrogen-bond donors (Lipinski definition) is 1. The highest BCUT2D eigenvalue weighted by Crippen LogP contribution is 2.37. The second kappa shape index (κ2) is 12.3. The van der Waals surface area contributed by atoms with Crippen LogP contribution in [0.4, 0.5) is 18.9 Å². The number of halogens is 5. The van der Waals surface area contributed by atoms with Crippen LogP contribution in [0.2, 0.25) is 10.0 Å². The lowest BCUT2D eigenvalue weighted by Crippen LogP contribution is -2.50. The number of carbonyl (C=O) groups excluding carboxylic acids is 2. The van der Waals surface area contributed by atoms with Gasteiger partial charge in [-0.1, -0.05) is 59.6 Å². The minimum Gasteiger partial charge on any atom is -0.357 e. The Kier molecular flexibility index (Phi) is 9.52. The average molecular weight is 602 g/mol. The number of amides is 2. The topological polar surface area (TPSA) is 86.8 Å². The number of alkyl halides is 3. The zero-order valence-corrected chi connectivity index (χ0v) is 23.1. The first kappa shape index (κ1) is 30.3. The zero-order chi connectivity index (χ0) is 29.0. The molecule has 0 bridgehead atoms. The first-order valence-corrected chi connectivity index (χ1v) is 13.7. The van der Waals surface area contributed by atoms with Crippen molar-refractivity contribution in [3.63, 3.8) is 0 Å². The Bertz CT molecular complexity index is 1450. The van der Waals surface area contributed by atoms with Crippen LogP contribution in [0.25, 0.3) is 0 Å². The molecule has 0 radical (unpaired) electrons. The summed E-state index contributed by atoms with van der Waals surface area (Å²) in [4.78, 5) is 27.0. The van der Waals surface area contributed by atoms with E-state index in [1.165, 1.54) is 38.2 Å². The lowest BCUT2D eigenvalue weighted by atomic mass is 10.1. The van der Waals surface area contributed by atoms with Crippen molar-refractivity contribution in [2.75, 3.05) is 17.9 Å². The summed E-state index contributed by atoms with van der Waals surface area (Å²) in [6.07, 6.45) is -4.81. The number of benzene rings is 3. The standard InChI is InChI=1S/C26H24Cl2F3N3O4S/c1-17(25(36)32-2)33(15-18-8-6-7-11-21(18)27)24(35)16-34(39(37,38)20-9-4-3-5-10-20)23-14-19(26(29,30)31)12-13-22(23)28/h3-14,17H,15-16H2,1-2H3,(H,32,36)/t17-/m0/s1. The van der Waals surface area contributed by atoms with E-state index in [-0.39, 0.29) is 16.5 Å². The predicted molar refractivity (Wildman–Crippen MR) is 143 cm³/mol. The number of sulfonamides is 1. The zero-order valence-electron chi connectivity index (χ0n) is 20.7. The Hall–Kier alpha value is -3.28. The van der Waals surface area contributed by atoms with Gasteiger partial charge in [0.05, 0.1) is 21.2 Å². The largest absolute Gasteiger partial charge is 0.416 e. The van der Waals surface area contributed by atoms with E-state index < -0.39 is 51.9 Å². The van der Waals surface area contributed by atoms with Gasteiger partial charge in [0.25, 0.3) is 10.0 Å². The summed E-state index contributed by atoms with van der Waals surface area (Å²) >= 11 is 12.5. The van der Waals surface area contributed by atoms with E-state index in [1.807, 2.05) is 0 Å². The lowest BCUT2D eigenvalue weighted by molar-refractivity contribution is -0.139. The van der Waals surface area contributed by atoms with Crippen LogP contribution in [0.5, 0.6) is 0 Å². The summed E-state index contributed by atoms with van der Waals surface area (Å²) in [5.41, 5.74) is -1.24. The number of nitrogens with one attached hydrogen (secondary N) is 1. The molecule has 1 N–H and O–H groups in total. The number of carbonyl (C=O) groups is 2. The monoisotopic (exact) mass is 601 g/mol. The quantitative estimate of drug-likeness (QED) is 0.357. The predicted octanol–water partition coefficient (Wildman–Crippen LogP) is 5.37. The molecule has 13 heteroatoms. The maximum atomic E-state index is 13.7. The van der Waals surface area contributed by atoms with Gasteiger partial charge < -0.3 is 10.2 Å². The van der Waals surface area contributed by atoms with Gasteiger partial charge in [0.15, 0.2) is 0 Å². The molecular weight excluding hydrogens is 578 g/mol. The molecule has 3 aromatic carbocycles. The third-order valence-corrected chi connectivity index (χ3v) is 8.33. The molecule has 0 aromatic heterocycles. The van der Waals surface area contributed by atoms with Crippen LogP contribution in [0.3, 0.4) is 0 Å². The van der Waals surface area contributed by atoms with Crippen LogP contribution in [-0.2, 0) is 32.3 Å². The van der Waals surface area contributed by atoms with Gasteiger partial charge in [-0.15, -0.1) is 0 Å². The minimum absolute atomic E-state index is 0.178. The molecule has 1 atom stereocenters. The minimum atomic E-state index is -4.81. The van der Waals surface area contributed by atoms with Gasteiger partial charge >= 0.3 is 6.18 Å². The highest BCUT2D eigenvalue weighted by molar-refractivity contribution is 7.92. The summed E-state index contributed by atoms with van der Waals surface area (Å²) in [6, 6.07) is 14.5. The van der Waals surface area contributed by atoms with E-state index >= 15 is 0 Å². The van der Waals surface area contributed by atoms with E-state index in [4.69, 9.17) is 23.2 Å². The molecule has 208 valence electrons. The summed E-state index contributed by atoms with van der Waals surface area (Å²) in [7, 11) is -3.23. The molecule has 39 heavy (non-hydrogen) atoms. The van der Waals surface area contributed by atoms with Crippen molar-refractivity contribution in [1.29, 1.82) is 0 Å². The molecule has 0 aliphatic carbocycles. The van der Waals surface area contributed by atoms with Crippen LogP contribution < -0.4 is 9.62 Å². The summed E-state index contributed by atoms with van der Waals surface area (Å²) in [5, 5.41) is 2.40. The molecule has 0 spiro atoms. The van der Waals surface area contributed by atoms with Crippen LogP contribution in [0.1, 0.15) is 18.1 Å². The third-order valence-electron chi connectivity index (χ3n) is 5.86. The first-order valence-electron chi connectivity index (χ1n) is 11.5. The van der Waals surface area contributed by atoms with Crippen molar-refractivity contribution in [3.05, 3.63) is 94.0 Å². The fourth-order valence-corrected chi connectivity index (χ4v) is 5.63. The van der Waals surface area contributed by atoms with Crippen molar-refractivity contribution in [3.8, 4) is 0 Å². The van der Waals surface area contributed by atoms with Crippen LogP contribution in [0, 0.1) is 0 Å². The van der Waals surface area contributed by atoms with Gasteiger partial charge in [-0.3, -0.25) is 13.9 Å². The van der Waals surface area contributed by atoms with Crippen molar-refractivity contribution in [1.82, 2.24) is 10.2 Å². The van der Waals surface area contributed by atoms with Gasteiger partial charge in [-0.25, -0.2) is 8.42 Å². The normalized spacial score (nSPS) is 12.5. The first-order chi connectivity index (χ1) is 18.3. The van der Waals surface area contributed by atoms with Crippen LogP contribution in [-0.4, -0.2) is 44.8 Å². The Morgan fingerprint density at radius 3 is 2.15 bits per heavy atom. The number of hydrogen-bond acceptors (Lipinski definition) is 4. The van der Waals surface area contributed by atoms with Gasteiger partial charge in [-0.2, -0.15) is 13.2 Å². The Morgan fingerprint density at radius 2 is 1.56 bits per heavy atom. The number of likely N-dealkylation sites (N-methyl/N-ethyl adjacent to an activating group) is 1. The van der Waals surface area contributed by atoms with E-state index in [1.54, 1.807) is 30.3 Å². The van der Waals surface area contributed by atoms with Gasteiger partial charge in [0.2, 0.25) is 11.8 Å². The Labute approximate surface area is 234 Å². The number of anilines is 1. The average Bonchev–Trinajstić information content (AvgIpc) is 2.90. The Balaban J connectivity index is 2.14. The summed E-state index contributed by atoms with van der Waals surface area (Å²) < 4.78 is 68.5. The summed E-state index contributed by atoms with van der Waals surface area (Å²) in [5.74, 6) is -1.43. The van der Waals surface area contributed by atoms with Crippen molar-refractivity contribution in [2.24, 2.45) is 0 Å². The van der Waals surface area contributed by atoms with Gasteiger partial charge in [0.1, 0.15) is 12.6 Å². The highest BCUT2D eigenvalue weighted by atomic mass is 35.5. The third kappa shape index (κ3) is 7.03. The highest BCUT2D eigenvalue weighted by Gasteiger charge is 2.36. The molecule has 0 saturated heterocycles. The molecule has 0 unspecified atom stereocenters. The number of rotatable bonds is 9. The van der Waals surface area contributed by atoms with Gasteiger partial charge in [-0.05, 0) is 48.9 Å². The van der Waals surface area contributed by atoms with E-state index in [0.717, 1.165) is 11.0 Å². The smallest absolute Gasteiger partial charge is 0.357 e. The molecule has 3 aromatic rings. The lowest BCUT2D eigenvalue weighted by Gasteiger charge is -2.32. The fourth-order valence-electron chi connectivity index (χ4n) is 3.71. The van der Waals surface area contributed by atoms with Crippen molar-refractivity contribution < 1.29 is 31.2 Å². The maximum Gasteiger partial charge on any atom is 0.416 e. The number of nitrogens with zero attached hydrogens (tertiary/aromatic N) is 2. The van der Waals surface area contributed by atoms with Crippen LogP contribution in [0.15, 0.2) is 77.7 Å². The molecule has 0 heterocycles. The second-order valence-corrected chi connectivity index (χ2v) is 11.1. The molecule has 3 rings (SSSR count). The van der Waals surface area contributed by atoms with Crippen molar-refractivity contribution >= 4 is 50.7 Å². The Morgan fingerprint density at radius 1 is 0.949 bits per heavy atom. The maximum absolute atomic E-state index is 13.7. The summed E-state index contributed by atoms with van der Waals surface area (Å²) in [6.45, 7) is 0.299. The van der Waals surface area contributed by atoms with E-state index in [0.29, 0.717) is 27.0 Å². The molecule has 7 nitrogen and oxygen atoms in total. The molecule has 2 amide bonds. The van der Waals surface area contributed by atoms with E-state index in [9.17, 15) is 31.2 Å². The molecule has 0 fully saturated rings. The van der Waals surface area contributed by atoms with Crippen molar-refractivity contribution in [2.45, 2.75) is 30.6 Å². The molecule has 0 aliphatic heterocycles. The van der Waals surface area contributed by atoms with Gasteiger partial charge in [0, 0.05) is 18.6 Å². The fraction of sp³-hybridized carbons (Fsp3) is 0.231. The van der Waals surface area contributed by atoms with Crippen LogP contribution >= 0.6 is 23.2 Å². The second-order valence-electron chi connectivity index (χ2n) is 8.39. The molecule has 0 aliphatic rings.